The van der Waals surface area contributed by atoms with E-state index in [9.17, 15) is 0 Å². The quantitative estimate of drug-likeness (QED) is 0.235. The van der Waals surface area contributed by atoms with E-state index in [0.29, 0.717) is 0 Å². The number of rotatable bonds is 4. The van der Waals surface area contributed by atoms with Gasteiger partial charge in [0.25, 0.3) is 0 Å². The molecule has 1 heteroatoms. The molecule has 182 valence electrons. The van der Waals surface area contributed by atoms with Crippen LogP contribution >= 0.6 is 0 Å². The van der Waals surface area contributed by atoms with Crippen LogP contribution in [0.5, 0.6) is 0 Å². The van der Waals surface area contributed by atoms with E-state index in [4.69, 9.17) is 0 Å². The molecule has 0 bridgehead atoms. The van der Waals surface area contributed by atoms with E-state index < -0.39 is 0 Å². The van der Waals surface area contributed by atoms with Gasteiger partial charge in [-0.3, -0.25) is 0 Å². The highest BCUT2D eigenvalue weighted by Gasteiger charge is 2.24. The van der Waals surface area contributed by atoms with Crippen molar-refractivity contribution in [2.45, 2.75) is 0 Å². The topological polar surface area (TPSA) is 3.24 Å². The van der Waals surface area contributed by atoms with Gasteiger partial charge in [-0.05, 0) is 92.0 Å². The van der Waals surface area contributed by atoms with Gasteiger partial charge in [-0.25, -0.2) is 0 Å². The lowest BCUT2D eigenvalue weighted by Crippen LogP contribution is -2.11. The Bertz CT molecular complexity index is 2000. The molecule has 0 aromatic heterocycles. The van der Waals surface area contributed by atoms with Crippen molar-refractivity contribution in [3.63, 3.8) is 0 Å². The van der Waals surface area contributed by atoms with Crippen LogP contribution in [-0.4, -0.2) is 0 Å². The highest BCUT2D eigenvalue weighted by molar-refractivity contribution is 6.11. The van der Waals surface area contributed by atoms with E-state index in [0.717, 1.165) is 11.4 Å². The summed E-state index contributed by atoms with van der Waals surface area (Å²) in [6.07, 6.45) is 0. The molecule has 0 saturated carbocycles. The fourth-order valence-electron chi connectivity index (χ4n) is 6.02. The molecule has 0 amide bonds. The first-order chi connectivity index (χ1) is 19.3. The highest BCUT2D eigenvalue weighted by atomic mass is 15.1. The third-order valence-electron chi connectivity index (χ3n) is 7.97. The van der Waals surface area contributed by atoms with Crippen molar-refractivity contribution in [1.82, 2.24) is 0 Å². The van der Waals surface area contributed by atoms with Gasteiger partial charge in [0.05, 0.1) is 5.69 Å². The zero-order chi connectivity index (χ0) is 25.8. The van der Waals surface area contributed by atoms with Crippen LogP contribution < -0.4 is 4.90 Å². The van der Waals surface area contributed by atoms with Gasteiger partial charge in [-0.2, -0.15) is 0 Å². The Morgan fingerprint density at radius 1 is 0.333 bits per heavy atom. The number of fused-ring (bicyclic) bond motifs is 6. The second kappa shape index (κ2) is 8.72. The van der Waals surface area contributed by atoms with Crippen molar-refractivity contribution >= 4 is 38.6 Å². The van der Waals surface area contributed by atoms with Crippen LogP contribution in [-0.2, 0) is 0 Å². The summed E-state index contributed by atoms with van der Waals surface area (Å²) in [6.45, 7) is 0. The second-order valence-electron chi connectivity index (χ2n) is 10.2. The summed E-state index contributed by atoms with van der Waals surface area (Å²) in [7, 11) is 0. The first-order valence-electron chi connectivity index (χ1n) is 13.4. The number of hydrogen-bond donors (Lipinski definition) is 0. The van der Waals surface area contributed by atoms with E-state index >= 15 is 0 Å². The van der Waals surface area contributed by atoms with Crippen LogP contribution in [0.2, 0.25) is 0 Å². The summed E-state index contributed by atoms with van der Waals surface area (Å²) in [5.41, 5.74) is 11.3. The molecule has 0 N–H and O–H groups in total. The maximum absolute atomic E-state index is 2.40. The van der Waals surface area contributed by atoms with E-state index in [1.165, 1.54) is 60.6 Å². The monoisotopic (exact) mass is 495 g/mol. The minimum atomic E-state index is 1.14. The van der Waals surface area contributed by atoms with Gasteiger partial charge in [0.1, 0.15) is 0 Å². The molecular formula is C38H25N. The molecule has 0 heterocycles. The lowest BCUT2D eigenvalue weighted by molar-refractivity contribution is 1.30. The summed E-state index contributed by atoms with van der Waals surface area (Å²) >= 11 is 0. The van der Waals surface area contributed by atoms with E-state index in [1.807, 2.05) is 0 Å². The first kappa shape index (κ1) is 21.9. The van der Waals surface area contributed by atoms with Crippen molar-refractivity contribution in [1.29, 1.82) is 0 Å². The fraction of sp³-hybridized carbons (Fsp3) is 0. The molecule has 8 rings (SSSR count). The van der Waals surface area contributed by atoms with Crippen molar-refractivity contribution in [3.8, 4) is 33.4 Å². The molecule has 0 radical (unpaired) electrons. The van der Waals surface area contributed by atoms with Gasteiger partial charge < -0.3 is 4.90 Å². The van der Waals surface area contributed by atoms with Crippen LogP contribution in [0, 0.1) is 0 Å². The van der Waals surface area contributed by atoms with Crippen molar-refractivity contribution in [2.24, 2.45) is 0 Å². The maximum atomic E-state index is 2.40. The molecule has 7 aromatic carbocycles. The predicted molar refractivity (Wildman–Crippen MR) is 166 cm³/mol. The smallest absolute Gasteiger partial charge is 0.0540 e. The second-order valence-corrected chi connectivity index (χ2v) is 10.2. The normalized spacial score (nSPS) is 11.6. The molecule has 0 fully saturated rings. The van der Waals surface area contributed by atoms with Gasteiger partial charge in [0.15, 0.2) is 0 Å². The largest absolute Gasteiger partial charge is 0.310 e. The third-order valence-corrected chi connectivity index (χ3v) is 7.97. The zero-order valence-electron chi connectivity index (χ0n) is 21.4. The highest BCUT2D eigenvalue weighted by Crippen LogP contribution is 2.50. The van der Waals surface area contributed by atoms with Gasteiger partial charge in [-0.1, -0.05) is 109 Å². The summed E-state index contributed by atoms with van der Waals surface area (Å²) in [5, 5.41) is 4.99. The molecular weight excluding hydrogens is 470 g/mol. The Kier molecular flexibility index (Phi) is 4.89. The van der Waals surface area contributed by atoms with E-state index in [1.54, 1.807) is 0 Å². The average molecular weight is 496 g/mol. The standard InChI is InChI=1S/C38H25N/c1-2-9-26(10-3-1)28-17-20-31(21-18-28)39(32-22-19-27-11-4-5-12-29(27)23-32)38-16-8-13-30-24-36-33-14-6-7-15-34(33)37(36)25-35(30)38/h1-25H. The minimum absolute atomic E-state index is 1.14. The van der Waals surface area contributed by atoms with E-state index in [-0.39, 0.29) is 0 Å². The summed E-state index contributed by atoms with van der Waals surface area (Å²) < 4.78 is 0. The zero-order valence-corrected chi connectivity index (χ0v) is 21.4. The molecule has 0 aliphatic heterocycles. The minimum Gasteiger partial charge on any atom is -0.310 e. The Hall–Kier alpha value is -5.14. The molecule has 0 unspecified atom stereocenters. The number of nitrogens with zero attached hydrogens (tertiary/aromatic N) is 1. The van der Waals surface area contributed by atoms with Crippen LogP contribution in [0.3, 0.4) is 0 Å². The van der Waals surface area contributed by atoms with Crippen molar-refractivity contribution in [3.05, 3.63) is 152 Å². The first-order valence-corrected chi connectivity index (χ1v) is 13.4. The van der Waals surface area contributed by atoms with Crippen LogP contribution in [0.1, 0.15) is 0 Å². The predicted octanol–water partition coefficient (Wildman–Crippen LogP) is 10.8. The molecule has 0 spiro atoms. The number of hydrogen-bond acceptors (Lipinski definition) is 1. The third kappa shape index (κ3) is 3.55. The van der Waals surface area contributed by atoms with Crippen molar-refractivity contribution < 1.29 is 0 Å². The molecule has 0 atom stereocenters. The van der Waals surface area contributed by atoms with Crippen LogP contribution in [0.15, 0.2) is 152 Å². The Morgan fingerprint density at radius 2 is 0.949 bits per heavy atom. The molecule has 1 nitrogen and oxygen atoms in total. The molecule has 1 aliphatic rings. The molecule has 7 aromatic rings. The average Bonchev–Trinajstić information content (AvgIpc) is 3.00. The molecule has 1 aliphatic carbocycles. The Morgan fingerprint density at radius 3 is 1.74 bits per heavy atom. The lowest BCUT2D eigenvalue weighted by Gasteiger charge is -2.29. The van der Waals surface area contributed by atoms with Gasteiger partial charge in [0.2, 0.25) is 0 Å². The van der Waals surface area contributed by atoms with Gasteiger partial charge in [-0.15, -0.1) is 0 Å². The fourth-order valence-corrected chi connectivity index (χ4v) is 6.02. The lowest BCUT2D eigenvalue weighted by atomic mass is 9.79. The van der Waals surface area contributed by atoms with E-state index in [2.05, 4.69) is 157 Å². The van der Waals surface area contributed by atoms with Gasteiger partial charge in [0, 0.05) is 16.8 Å². The molecule has 0 saturated heterocycles. The Labute approximate surface area is 228 Å². The van der Waals surface area contributed by atoms with Crippen LogP contribution in [0.25, 0.3) is 54.9 Å². The summed E-state index contributed by atoms with van der Waals surface area (Å²) in [6, 6.07) is 55.0. The SMILES string of the molecule is c1ccc(-c2ccc(N(c3ccc4ccccc4c3)c3cccc4cc5c(cc34)-c3ccccc3-5)cc2)cc1. The number of anilines is 3. The molecule has 39 heavy (non-hydrogen) atoms. The summed E-state index contributed by atoms with van der Waals surface area (Å²) in [4.78, 5) is 2.40. The van der Waals surface area contributed by atoms with Crippen molar-refractivity contribution in [2.75, 3.05) is 4.90 Å². The van der Waals surface area contributed by atoms with Gasteiger partial charge >= 0.3 is 0 Å². The van der Waals surface area contributed by atoms with Crippen LogP contribution in [0.4, 0.5) is 17.1 Å². The Balaban J connectivity index is 1.33. The number of benzene rings is 7. The summed E-state index contributed by atoms with van der Waals surface area (Å²) in [5.74, 6) is 0. The maximum Gasteiger partial charge on any atom is 0.0540 e.